The second-order valence-electron chi connectivity index (χ2n) is 6.55. The second-order valence-corrected chi connectivity index (χ2v) is 6.55. The average molecular weight is 253 g/mol. The molecule has 4 nitrogen and oxygen atoms in total. The molecule has 1 heterocycles. The smallest absolute Gasteiger partial charge is 0.416 e. The van der Waals surface area contributed by atoms with Crippen LogP contribution in [0.1, 0.15) is 47.5 Å². The first-order valence-corrected chi connectivity index (χ1v) is 6.57. The predicted molar refractivity (Wildman–Crippen MR) is 68.9 cm³/mol. The first kappa shape index (κ1) is 13.4. The summed E-state index contributed by atoms with van der Waals surface area (Å²) < 4.78 is 11.1. The van der Waals surface area contributed by atoms with Crippen LogP contribution >= 0.6 is 0 Å². The predicted octanol–water partition coefficient (Wildman–Crippen LogP) is 3.28. The fourth-order valence-corrected chi connectivity index (χ4v) is 2.03. The van der Waals surface area contributed by atoms with E-state index in [4.69, 9.17) is 9.47 Å². The van der Waals surface area contributed by atoms with Crippen molar-refractivity contribution in [3.05, 3.63) is 11.8 Å². The Hall–Kier alpha value is -1.03. The number of carbonyl (C=O) groups excluding carboxylic acids is 1. The Morgan fingerprint density at radius 3 is 2.56 bits per heavy atom. The van der Waals surface area contributed by atoms with E-state index < -0.39 is 11.3 Å². The third-order valence-electron chi connectivity index (χ3n) is 3.03. The van der Waals surface area contributed by atoms with Crippen molar-refractivity contribution in [3.8, 4) is 0 Å². The van der Waals surface area contributed by atoms with Crippen molar-refractivity contribution in [3.63, 3.8) is 0 Å². The highest BCUT2D eigenvalue weighted by Crippen LogP contribution is 2.37. The van der Waals surface area contributed by atoms with Gasteiger partial charge in [0.1, 0.15) is 11.3 Å². The normalized spacial score (nSPS) is 25.6. The lowest BCUT2D eigenvalue weighted by Crippen LogP contribution is -2.45. The molecule has 1 saturated heterocycles. The quantitative estimate of drug-likeness (QED) is 0.720. The number of amides is 1. The fraction of sp³-hybridized carbons (Fsp3) is 0.786. The SMILES string of the molecule is CC(C)(C)OC(=O)N1C(=CC2CC2)COC1(C)C. The molecule has 1 amide bonds. The van der Waals surface area contributed by atoms with Gasteiger partial charge in [-0.1, -0.05) is 6.08 Å². The standard InChI is InChI=1S/C14H23NO3/c1-13(2,3)18-12(16)15-11(8-10-6-7-10)9-17-14(15,4)5/h8,10H,6-7,9H2,1-5H3. The molecule has 4 heteroatoms. The van der Waals surface area contributed by atoms with E-state index >= 15 is 0 Å². The molecule has 0 aromatic rings. The van der Waals surface area contributed by atoms with Crippen molar-refractivity contribution in [2.24, 2.45) is 5.92 Å². The highest BCUT2D eigenvalue weighted by atomic mass is 16.6. The molecule has 0 radical (unpaired) electrons. The molecule has 0 aromatic heterocycles. The molecule has 18 heavy (non-hydrogen) atoms. The summed E-state index contributed by atoms with van der Waals surface area (Å²) in [6.45, 7) is 9.90. The minimum absolute atomic E-state index is 0.322. The third kappa shape index (κ3) is 3.05. The summed E-state index contributed by atoms with van der Waals surface area (Å²) in [4.78, 5) is 13.9. The van der Waals surface area contributed by atoms with Crippen LogP contribution in [0.25, 0.3) is 0 Å². The molecule has 0 atom stereocenters. The van der Waals surface area contributed by atoms with Crippen molar-refractivity contribution >= 4 is 6.09 Å². The molecule has 102 valence electrons. The third-order valence-corrected chi connectivity index (χ3v) is 3.03. The molecule has 1 aliphatic carbocycles. The van der Waals surface area contributed by atoms with Gasteiger partial charge >= 0.3 is 6.09 Å². The topological polar surface area (TPSA) is 38.8 Å². The summed E-state index contributed by atoms with van der Waals surface area (Å²) >= 11 is 0. The van der Waals surface area contributed by atoms with Crippen molar-refractivity contribution < 1.29 is 14.3 Å². The highest BCUT2D eigenvalue weighted by Gasteiger charge is 2.43. The maximum Gasteiger partial charge on any atom is 0.416 e. The van der Waals surface area contributed by atoms with E-state index in [0.29, 0.717) is 12.5 Å². The molecule has 0 aromatic carbocycles. The van der Waals surface area contributed by atoms with E-state index in [1.165, 1.54) is 12.8 Å². The number of hydrogen-bond acceptors (Lipinski definition) is 3. The van der Waals surface area contributed by atoms with Crippen LogP contribution in [0.15, 0.2) is 11.8 Å². The van der Waals surface area contributed by atoms with Gasteiger partial charge < -0.3 is 9.47 Å². The average Bonchev–Trinajstić information content (AvgIpc) is 2.89. The number of hydrogen-bond donors (Lipinski definition) is 0. The Morgan fingerprint density at radius 1 is 1.44 bits per heavy atom. The molecular weight excluding hydrogens is 230 g/mol. The van der Waals surface area contributed by atoms with Crippen LogP contribution in [0, 0.1) is 5.92 Å². The summed E-state index contributed by atoms with van der Waals surface area (Å²) in [6, 6.07) is 0. The summed E-state index contributed by atoms with van der Waals surface area (Å²) in [5.41, 5.74) is -0.166. The van der Waals surface area contributed by atoms with Crippen molar-refractivity contribution in [1.29, 1.82) is 0 Å². The van der Waals surface area contributed by atoms with Gasteiger partial charge in [-0.25, -0.2) is 4.79 Å². The number of nitrogens with zero attached hydrogens (tertiary/aromatic N) is 1. The first-order chi connectivity index (χ1) is 8.19. The molecule has 0 unspecified atom stereocenters. The van der Waals surface area contributed by atoms with Gasteiger partial charge in [0.2, 0.25) is 0 Å². The summed E-state index contributed by atoms with van der Waals surface area (Å²) in [6.07, 6.45) is 4.26. The van der Waals surface area contributed by atoms with Gasteiger partial charge in [0.15, 0.2) is 0 Å². The number of rotatable bonds is 1. The minimum atomic E-state index is -0.622. The Bertz CT molecular complexity index is 375. The summed E-state index contributed by atoms with van der Waals surface area (Å²) in [5.74, 6) is 0.613. The minimum Gasteiger partial charge on any atom is -0.443 e. The van der Waals surface area contributed by atoms with Gasteiger partial charge in [-0.15, -0.1) is 0 Å². The van der Waals surface area contributed by atoms with Crippen LogP contribution in [0.4, 0.5) is 4.79 Å². The van der Waals surface area contributed by atoms with E-state index in [1.807, 2.05) is 34.6 Å². The zero-order valence-corrected chi connectivity index (χ0v) is 11.9. The lowest BCUT2D eigenvalue weighted by Gasteiger charge is -2.32. The lowest BCUT2D eigenvalue weighted by molar-refractivity contribution is -0.0567. The molecular formula is C14H23NO3. The monoisotopic (exact) mass is 253 g/mol. The molecule has 1 saturated carbocycles. The van der Waals surface area contributed by atoms with E-state index in [0.717, 1.165) is 5.70 Å². The maximum absolute atomic E-state index is 12.3. The molecule has 1 aliphatic heterocycles. The molecule has 0 spiro atoms. The molecule has 0 bridgehead atoms. The zero-order chi connectivity index (χ0) is 13.6. The van der Waals surface area contributed by atoms with Gasteiger partial charge in [-0.05, 0) is 53.4 Å². The summed E-state index contributed by atoms with van der Waals surface area (Å²) in [7, 11) is 0. The fourth-order valence-electron chi connectivity index (χ4n) is 2.03. The number of allylic oxidation sites excluding steroid dienone is 1. The first-order valence-electron chi connectivity index (χ1n) is 6.57. The van der Waals surface area contributed by atoms with Crippen molar-refractivity contribution in [2.75, 3.05) is 6.61 Å². The maximum atomic E-state index is 12.3. The Balaban J connectivity index is 2.17. The van der Waals surface area contributed by atoms with Crippen LogP contribution in [0.5, 0.6) is 0 Å². The number of carbonyl (C=O) groups is 1. The van der Waals surface area contributed by atoms with E-state index in [1.54, 1.807) is 4.90 Å². The molecule has 2 rings (SSSR count). The van der Waals surface area contributed by atoms with Crippen molar-refractivity contribution in [1.82, 2.24) is 4.90 Å². The lowest BCUT2D eigenvalue weighted by atomic mass is 10.2. The van der Waals surface area contributed by atoms with E-state index in [9.17, 15) is 4.79 Å². The molecule has 0 N–H and O–H groups in total. The Morgan fingerprint density at radius 2 is 2.06 bits per heavy atom. The number of ether oxygens (including phenoxy) is 2. The second kappa shape index (κ2) is 4.26. The summed E-state index contributed by atoms with van der Waals surface area (Å²) in [5, 5.41) is 0. The molecule has 2 aliphatic rings. The van der Waals surface area contributed by atoms with Gasteiger partial charge in [-0.2, -0.15) is 0 Å². The highest BCUT2D eigenvalue weighted by molar-refractivity contribution is 5.72. The van der Waals surface area contributed by atoms with Gasteiger partial charge in [0.05, 0.1) is 6.61 Å². The van der Waals surface area contributed by atoms with E-state index in [-0.39, 0.29) is 6.09 Å². The largest absolute Gasteiger partial charge is 0.443 e. The van der Waals surface area contributed by atoms with Gasteiger partial charge in [0, 0.05) is 5.70 Å². The van der Waals surface area contributed by atoms with Crippen LogP contribution in [0.2, 0.25) is 0 Å². The molecule has 2 fully saturated rings. The Labute approximate surface area is 109 Å². The Kier molecular flexibility index (Phi) is 3.18. The van der Waals surface area contributed by atoms with Gasteiger partial charge in [0.25, 0.3) is 0 Å². The van der Waals surface area contributed by atoms with Gasteiger partial charge in [-0.3, -0.25) is 4.90 Å². The zero-order valence-electron chi connectivity index (χ0n) is 11.9. The van der Waals surface area contributed by atoms with Crippen LogP contribution < -0.4 is 0 Å². The van der Waals surface area contributed by atoms with Crippen LogP contribution in [0.3, 0.4) is 0 Å². The van der Waals surface area contributed by atoms with Crippen LogP contribution in [-0.2, 0) is 9.47 Å². The van der Waals surface area contributed by atoms with E-state index in [2.05, 4.69) is 6.08 Å². The van der Waals surface area contributed by atoms with Crippen molar-refractivity contribution in [2.45, 2.75) is 58.8 Å². The van der Waals surface area contributed by atoms with Crippen LogP contribution in [-0.4, -0.2) is 28.9 Å².